The third-order valence-electron chi connectivity index (χ3n) is 2.82. The maximum Gasteiger partial charge on any atom is 0.321 e. The van der Waals surface area contributed by atoms with E-state index in [1.807, 2.05) is 0 Å². The number of hydrogen-bond acceptors (Lipinski definition) is 5. The van der Waals surface area contributed by atoms with Crippen LogP contribution in [-0.2, 0) is 20.9 Å². The molecule has 0 fully saturated rings. The Morgan fingerprint density at radius 2 is 1.83 bits per heavy atom. The van der Waals surface area contributed by atoms with Crippen molar-refractivity contribution < 1.29 is 19.1 Å². The molecule has 0 heterocycles. The van der Waals surface area contributed by atoms with Gasteiger partial charge in [-0.25, -0.2) is 4.79 Å². The Morgan fingerprint density at radius 3 is 2.39 bits per heavy atom. The van der Waals surface area contributed by atoms with Crippen LogP contribution in [0.4, 0.5) is 4.79 Å². The maximum atomic E-state index is 11.8. The van der Waals surface area contributed by atoms with Crippen molar-refractivity contribution in [3.8, 4) is 0 Å². The molecule has 0 saturated heterocycles. The molecule has 0 aliphatic carbocycles. The molecule has 8 heteroatoms. The number of nitrogens with zero attached hydrogens (tertiary/aromatic N) is 1. The van der Waals surface area contributed by atoms with Crippen LogP contribution in [0.25, 0.3) is 0 Å². The van der Waals surface area contributed by atoms with Crippen LogP contribution in [0, 0.1) is 0 Å². The van der Waals surface area contributed by atoms with Crippen molar-refractivity contribution in [2.75, 3.05) is 26.7 Å². The highest BCUT2D eigenvalue weighted by Gasteiger charge is 2.17. The molecule has 0 aliphatic rings. The average Bonchev–Trinajstić information content (AvgIpc) is 2.49. The number of ether oxygens (including phenoxy) is 1. The summed E-state index contributed by atoms with van der Waals surface area (Å²) in [6.45, 7) is 2.14. The average molecular weight is 342 g/mol. The Balaban J connectivity index is 2.71. The molecule has 0 unspecified atom stereocenters. The second-order valence-electron chi connectivity index (χ2n) is 4.70. The van der Waals surface area contributed by atoms with Gasteiger partial charge in [-0.1, -0.05) is 23.7 Å². The molecule has 126 valence electrons. The number of amides is 3. The Labute approximate surface area is 139 Å². The minimum absolute atomic E-state index is 0.0579. The number of nitrogens with one attached hydrogen (secondary N) is 2. The fraction of sp³-hybridized carbons (Fsp3) is 0.400. The van der Waals surface area contributed by atoms with Crippen molar-refractivity contribution in [3.05, 3.63) is 34.9 Å². The number of carbonyl (C=O) groups excluding carboxylic acids is 3. The number of halogens is 1. The maximum absolute atomic E-state index is 11.8. The molecule has 0 aliphatic heterocycles. The van der Waals surface area contributed by atoms with E-state index in [0.717, 1.165) is 5.56 Å². The second kappa shape index (κ2) is 9.81. The van der Waals surface area contributed by atoms with Gasteiger partial charge >= 0.3 is 12.0 Å². The molecule has 2 N–H and O–H groups in total. The van der Waals surface area contributed by atoms with Gasteiger partial charge in [0.15, 0.2) is 0 Å². The normalized spacial score (nSPS) is 10.3. The van der Waals surface area contributed by atoms with Gasteiger partial charge < -0.3 is 10.1 Å². The van der Waals surface area contributed by atoms with E-state index < -0.39 is 17.9 Å². The van der Waals surface area contributed by atoms with E-state index in [0.29, 0.717) is 11.6 Å². The summed E-state index contributed by atoms with van der Waals surface area (Å²) in [7, 11) is 1.41. The first-order valence-electron chi connectivity index (χ1n) is 7.08. The van der Waals surface area contributed by atoms with Gasteiger partial charge in [-0.05, 0) is 24.6 Å². The van der Waals surface area contributed by atoms with Crippen LogP contribution < -0.4 is 10.6 Å². The second-order valence-corrected chi connectivity index (χ2v) is 5.14. The number of rotatable bonds is 7. The molecule has 23 heavy (non-hydrogen) atoms. The summed E-state index contributed by atoms with van der Waals surface area (Å²) in [5.41, 5.74) is 0.881. The molecule has 7 nitrogen and oxygen atoms in total. The molecule has 0 spiro atoms. The molecule has 0 radical (unpaired) electrons. The number of carbonyl (C=O) groups is 3. The van der Waals surface area contributed by atoms with Crippen LogP contribution in [0.3, 0.4) is 0 Å². The molecule has 0 bridgehead atoms. The van der Waals surface area contributed by atoms with Crippen molar-refractivity contribution >= 4 is 29.5 Å². The van der Waals surface area contributed by atoms with Crippen LogP contribution >= 0.6 is 11.6 Å². The zero-order valence-electron chi connectivity index (χ0n) is 13.1. The summed E-state index contributed by atoms with van der Waals surface area (Å²) in [4.78, 5) is 36.2. The lowest BCUT2D eigenvalue weighted by atomic mass is 10.2. The highest BCUT2D eigenvalue weighted by Crippen LogP contribution is 2.11. The van der Waals surface area contributed by atoms with Crippen molar-refractivity contribution in [1.82, 2.24) is 15.5 Å². The van der Waals surface area contributed by atoms with Gasteiger partial charge in [0.1, 0.15) is 0 Å². The van der Waals surface area contributed by atoms with Crippen LogP contribution in [0.1, 0.15) is 12.5 Å². The van der Waals surface area contributed by atoms with E-state index >= 15 is 0 Å². The van der Waals surface area contributed by atoms with Gasteiger partial charge in [0.2, 0.25) is 5.91 Å². The molecule has 1 rings (SSSR count). The van der Waals surface area contributed by atoms with Gasteiger partial charge in [0.25, 0.3) is 0 Å². The van der Waals surface area contributed by atoms with Crippen LogP contribution in [0.2, 0.25) is 5.02 Å². The van der Waals surface area contributed by atoms with E-state index in [9.17, 15) is 14.4 Å². The van der Waals surface area contributed by atoms with Gasteiger partial charge in [0, 0.05) is 18.6 Å². The third-order valence-corrected chi connectivity index (χ3v) is 3.08. The van der Waals surface area contributed by atoms with E-state index in [4.69, 9.17) is 16.3 Å². The van der Waals surface area contributed by atoms with E-state index in [-0.39, 0.29) is 19.7 Å². The van der Waals surface area contributed by atoms with Crippen molar-refractivity contribution in [2.24, 2.45) is 0 Å². The smallest absolute Gasteiger partial charge is 0.321 e. The van der Waals surface area contributed by atoms with Gasteiger partial charge in [-0.15, -0.1) is 0 Å². The van der Waals surface area contributed by atoms with Crippen LogP contribution in [0.15, 0.2) is 24.3 Å². The highest BCUT2D eigenvalue weighted by molar-refractivity contribution is 6.30. The number of hydrogen-bond donors (Lipinski definition) is 2. The van der Waals surface area contributed by atoms with Crippen molar-refractivity contribution in [3.63, 3.8) is 0 Å². The first-order valence-corrected chi connectivity index (χ1v) is 7.46. The molecule has 0 aromatic heterocycles. The van der Waals surface area contributed by atoms with Gasteiger partial charge in [0.05, 0.1) is 19.7 Å². The monoisotopic (exact) mass is 341 g/mol. The molecule has 0 saturated carbocycles. The number of benzene rings is 1. The fourth-order valence-electron chi connectivity index (χ4n) is 1.84. The summed E-state index contributed by atoms with van der Waals surface area (Å²) in [5.74, 6) is -0.947. The first kappa shape index (κ1) is 18.9. The highest BCUT2D eigenvalue weighted by atomic mass is 35.5. The first-order chi connectivity index (χ1) is 10.9. The molecule has 0 atom stereocenters. The number of imide groups is 1. The Morgan fingerprint density at radius 1 is 1.17 bits per heavy atom. The van der Waals surface area contributed by atoms with E-state index in [2.05, 4.69) is 10.6 Å². The predicted octanol–water partition coefficient (Wildman–Crippen LogP) is 1.16. The Bertz CT molecular complexity index is 548. The quantitative estimate of drug-likeness (QED) is 0.727. The van der Waals surface area contributed by atoms with Crippen LogP contribution in [0.5, 0.6) is 0 Å². The minimum atomic E-state index is -0.599. The summed E-state index contributed by atoms with van der Waals surface area (Å²) >= 11 is 5.84. The van der Waals surface area contributed by atoms with Gasteiger partial charge in [-0.3, -0.25) is 19.8 Å². The number of esters is 1. The minimum Gasteiger partial charge on any atom is -0.465 e. The van der Waals surface area contributed by atoms with Crippen LogP contribution in [-0.4, -0.2) is 49.6 Å². The zero-order valence-corrected chi connectivity index (χ0v) is 13.9. The predicted molar refractivity (Wildman–Crippen MR) is 86.0 cm³/mol. The van der Waals surface area contributed by atoms with E-state index in [1.54, 1.807) is 36.1 Å². The van der Waals surface area contributed by atoms with Gasteiger partial charge in [-0.2, -0.15) is 0 Å². The fourth-order valence-corrected chi connectivity index (χ4v) is 1.96. The Kier molecular flexibility index (Phi) is 8.07. The van der Waals surface area contributed by atoms with E-state index in [1.165, 1.54) is 7.05 Å². The largest absolute Gasteiger partial charge is 0.465 e. The molecule has 1 aromatic carbocycles. The molecule has 1 aromatic rings. The summed E-state index contributed by atoms with van der Waals surface area (Å²) in [6.07, 6.45) is 0. The summed E-state index contributed by atoms with van der Waals surface area (Å²) in [5, 5.41) is 5.05. The third kappa shape index (κ3) is 7.62. The SMILES string of the molecule is CCOC(=O)CN(CC(=O)NC(=O)NC)Cc1ccc(Cl)cc1. The molecular weight excluding hydrogens is 322 g/mol. The lowest BCUT2D eigenvalue weighted by Gasteiger charge is -2.20. The topological polar surface area (TPSA) is 87.7 Å². The van der Waals surface area contributed by atoms with Crippen molar-refractivity contribution in [2.45, 2.75) is 13.5 Å². The lowest BCUT2D eigenvalue weighted by Crippen LogP contribution is -2.44. The summed E-state index contributed by atoms with van der Waals surface area (Å²) < 4.78 is 4.90. The zero-order chi connectivity index (χ0) is 17.2. The number of urea groups is 1. The Hall–Kier alpha value is -2.12. The molecular formula is C15H20ClN3O4. The summed E-state index contributed by atoms with van der Waals surface area (Å²) in [6, 6.07) is 6.46. The molecule has 3 amide bonds. The lowest BCUT2D eigenvalue weighted by molar-refractivity contribution is -0.144. The standard InChI is InChI=1S/C15H20ClN3O4/c1-3-23-14(21)10-19(9-13(20)18-15(22)17-2)8-11-4-6-12(16)7-5-11/h4-7H,3,8-10H2,1-2H3,(H2,17,18,20,22). The van der Waals surface area contributed by atoms with Crippen molar-refractivity contribution in [1.29, 1.82) is 0 Å².